The number of rotatable bonds is 0. The van der Waals surface area contributed by atoms with E-state index >= 15 is 0 Å². The van der Waals surface area contributed by atoms with E-state index in [2.05, 4.69) is 53.5 Å². The molecule has 1 aliphatic heterocycles. The molecule has 1 nitrogen and oxygen atoms in total. The third-order valence-corrected chi connectivity index (χ3v) is 4.35. The first-order valence-corrected chi connectivity index (χ1v) is 4.64. The predicted molar refractivity (Wildman–Crippen MR) is 54.0 cm³/mol. The van der Waals surface area contributed by atoms with Crippen molar-refractivity contribution in [2.24, 2.45) is 5.41 Å². The van der Waals surface area contributed by atoms with Gasteiger partial charge >= 0.3 is 0 Å². The summed E-state index contributed by atoms with van der Waals surface area (Å²) >= 11 is 0. The third-order valence-electron chi connectivity index (χ3n) is 4.35. The van der Waals surface area contributed by atoms with Gasteiger partial charge in [0.1, 0.15) is 0 Å². The fourth-order valence-electron chi connectivity index (χ4n) is 2.00. The summed E-state index contributed by atoms with van der Waals surface area (Å²) in [5, 5.41) is 0. The molecule has 1 aliphatic rings. The van der Waals surface area contributed by atoms with Gasteiger partial charge in [-0.25, -0.2) is 0 Å². The van der Waals surface area contributed by atoms with E-state index in [4.69, 9.17) is 0 Å². The highest BCUT2D eigenvalue weighted by molar-refractivity contribution is 5.29. The normalized spacial score (nSPS) is 26.8. The topological polar surface area (TPSA) is 3.24 Å². The van der Waals surface area contributed by atoms with Crippen LogP contribution in [0.3, 0.4) is 0 Å². The van der Waals surface area contributed by atoms with Crippen molar-refractivity contribution in [3.05, 3.63) is 11.3 Å². The van der Waals surface area contributed by atoms with Gasteiger partial charge in [-0.05, 0) is 33.3 Å². The second kappa shape index (κ2) is 2.27. The molecule has 0 N–H and O–H groups in total. The number of hydrogen-bond donors (Lipinski definition) is 0. The van der Waals surface area contributed by atoms with Crippen LogP contribution in [0, 0.1) is 5.41 Å². The Kier molecular flexibility index (Phi) is 1.82. The molecule has 0 bridgehead atoms. The van der Waals surface area contributed by atoms with Gasteiger partial charge in [-0.1, -0.05) is 13.8 Å². The average molecular weight is 167 g/mol. The van der Waals surface area contributed by atoms with Gasteiger partial charge in [0.25, 0.3) is 0 Å². The molecule has 0 fully saturated rings. The summed E-state index contributed by atoms with van der Waals surface area (Å²) in [5.41, 5.74) is 3.51. The van der Waals surface area contributed by atoms with Gasteiger partial charge in [0, 0.05) is 23.7 Å². The van der Waals surface area contributed by atoms with Crippen LogP contribution < -0.4 is 0 Å². The molecular formula is C11H21N. The van der Waals surface area contributed by atoms with Crippen molar-refractivity contribution in [3.8, 4) is 0 Å². The molecule has 0 atom stereocenters. The molecule has 1 heterocycles. The Morgan fingerprint density at radius 1 is 1.00 bits per heavy atom. The van der Waals surface area contributed by atoms with E-state index in [-0.39, 0.29) is 5.54 Å². The maximum Gasteiger partial charge on any atom is 0.0428 e. The molecule has 0 unspecified atom stereocenters. The van der Waals surface area contributed by atoms with Gasteiger partial charge in [0.05, 0.1) is 0 Å². The van der Waals surface area contributed by atoms with Crippen molar-refractivity contribution in [1.29, 1.82) is 0 Å². The lowest BCUT2D eigenvalue weighted by Gasteiger charge is -2.42. The summed E-state index contributed by atoms with van der Waals surface area (Å²) in [4.78, 5) is 2.39. The first-order chi connectivity index (χ1) is 5.23. The molecule has 0 saturated carbocycles. The van der Waals surface area contributed by atoms with Crippen molar-refractivity contribution in [1.82, 2.24) is 4.90 Å². The Morgan fingerprint density at radius 3 is 1.50 bits per heavy atom. The van der Waals surface area contributed by atoms with Gasteiger partial charge in [0.15, 0.2) is 0 Å². The fraction of sp³-hybridized carbons (Fsp3) is 0.818. The fourth-order valence-corrected chi connectivity index (χ4v) is 2.00. The van der Waals surface area contributed by atoms with Crippen LogP contribution in [0.2, 0.25) is 0 Å². The lowest BCUT2D eigenvalue weighted by Crippen LogP contribution is -2.45. The Hall–Kier alpha value is -0.460. The Morgan fingerprint density at radius 2 is 1.42 bits per heavy atom. The zero-order chi connectivity index (χ0) is 9.73. The molecule has 0 aromatic rings. The van der Waals surface area contributed by atoms with E-state index in [0.717, 1.165) is 0 Å². The highest BCUT2D eigenvalue weighted by atomic mass is 15.2. The van der Waals surface area contributed by atoms with Gasteiger partial charge < -0.3 is 4.90 Å². The molecule has 1 heteroatoms. The van der Waals surface area contributed by atoms with E-state index in [9.17, 15) is 0 Å². The molecule has 0 aromatic heterocycles. The van der Waals surface area contributed by atoms with Crippen molar-refractivity contribution < 1.29 is 0 Å². The second-order valence-corrected chi connectivity index (χ2v) is 4.95. The lowest BCUT2D eigenvalue weighted by molar-refractivity contribution is 0.122. The van der Waals surface area contributed by atoms with Gasteiger partial charge in [-0.2, -0.15) is 0 Å². The summed E-state index contributed by atoms with van der Waals surface area (Å²) in [5.74, 6) is 0. The molecule has 0 radical (unpaired) electrons. The van der Waals surface area contributed by atoms with Crippen molar-refractivity contribution >= 4 is 0 Å². The molecule has 12 heavy (non-hydrogen) atoms. The average Bonchev–Trinajstić information content (AvgIpc) is 2.05. The number of hydrogen-bond acceptors (Lipinski definition) is 1. The maximum atomic E-state index is 2.39. The highest BCUT2D eigenvalue weighted by Gasteiger charge is 2.47. The van der Waals surface area contributed by atoms with E-state index in [0.29, 0.717) is 5.41 Å². The molecule has 1 rings (SSSR count). The first kappa shape index (κ1) is 9.63. The van der Waals surface area contributed by atoms with Crippen LogP contribution in [0.5, 0.6) is 0 Å². The van der Waals surface area contributed by atoms with Crippen molar-refractivity contribution in [2.45, 2.75) is 47.1 Å². The van der Waals surface area contributed by atoms with Crippen LogP contribution in [0.1, 0.15) is 41.5 Å². The molecule has 0 amide bonds. The zero-order valence-electron chi connectivity index (χ0n) is 9.45. The van der Waals surface area contributed by atoms with Gasteiger partial charge in [-0.3, -0.25) is 0 Å². The van der Waals surface area contributed by atoms with Gasteiger partial charge in [-0.15, -0.1) is 0 Å². The molecule has 70 valence electrons. The maximum absolute atomic E-state index is 2.39. The number of nitrogens with zero attached hydrogens (tertiary/aromatic N) is 1. The van der Waals surface area contributed by atoms with E-state index in [1.807, 2.05) is 0 Å². The minimum Gasteiger partial charge on any atom is -0.372 e. The molecule has 0 spiro atoms. The minimum absolute atomic E-state index is 0.251. The van der Waals surface area contributed by atoms with Crippen molar-refractivity contribution in [3.63, 3.8) is 0 Å². The van der Waals surface area contributed by atoms with E-state index < -0.39 is 0 Å². The smallest absolute Gasteiger partial charge is 0.0428 e. The zero-order valence-corrected chi connectivity index (χ0v) is 9.45. The quantitative estimate of drug-likeness (QED) is 0.536. The van der Waals surface area contributed by atoms with Crippen LogP contribution in [0.15, 0.2) is 11.3 Å². The third kappa shape index (κ3) is 0.854. The molecular weight excluding hydrogens is 146 g/mol. The predicted octanol–water partition coefficient (Wildman–Crippen LogP) is 3.03. The minimum atomic E-state index is 0.251. The van der Waals surface area contributed by atoms with Crippen LogP contribution in [0.4, 0.5) is 0 Å². The Balaban J connectivity index is 3.22. The highest BCUT2D eigenvalue weighted by Crippen LogP contribution is 2.49. The van der Waals surface area contributed by atoms with Crippen LogP contribution in [-0.2, 0) is 0 Å². The SMILES string of the molecule is CC1=C(C)C(C)(C)C(C)(C)N1C. The monoisotopic (exact) mass is 167 g/mol. The Bertz CT molecular complexity index is 233. The number of allylic oxidation sites excluding steroid dienone is 1. The largest absolute Gasteiger partial charge is 0.372 e. The summed E-state index contributed by atoms with van der Waals surface area (Å²) < 4.78 is 0. The summed E-state index contributed by atoms with van der Waals surface area (Å²) in [6.45, 7) is 13.7. The molecule has 0 saturated heterocycles. The van der Waals surface area contributed by atoms with Crippen LogP contribution in [-0.4, -0.2) is 17.5 Å². The summed E-state index contributed by atoms with van der Waals surface area (Å²) in [7, 11) is 2.19. The summed E-state index contributed by atoms with van der Waals surface area (Å²) in [6.07, 6.45) is 0. The van der Waals surface area contributed by atoms with E-state index in [1.54, 1.807) is 0 Å². The molecule has 0 aliphatic carbocycles. The van der Waals surface area contributed by atoms with Crippen LogP contribution >= 0.6 is 0 Å². The van der Waals surface area contributed by atoms with Crippen LogP contribution in [0.25, 0.3) is 0 Å². The summed E-state index contributed by atoms with van der Waals surface area (Å²) in [6, 6.07) is 0. The van der Waals surface area contributed by atoms with Gasteiger partial charge in [0.2, 0.25) is 0 Å². The second-order valence-electron chi connectivity index (χ2n) is 4.95. The van der Waals surface area contributed by atoms with Crippen molar-refractivity contribution in [2.75, 3.05) is 7.05 Å². The standard InChI is InChI=1S/C11H21N/c1-8-9(2)12(7)11(5,6)10(8,3)4/h1-7H3. The molecule has 0 aromatic carbocycles. The lowest BCUT2D eigenvalue weighted by atomic mass is 9.72. The Labute approximate surface area is 76.5 Å². The van der Waals surface area contributed by atoms with E-state index in [1.165, 1.54) is 11.3 Å². The first-order valence-electron chi connectivity index (χ1n) is 4.64.